The van der Waals surface area contributed by atoms with E-state index in [9.17, 15) is 9.59 Å². The van der Waals surface area contributed by atoms with E-state index < -0.39 is 0 Å². The van der Waals surface area contributed by atoms with Gasteiger partial charge in [-0.05, 0) is 37.1 Å². The van der Waals surface area contributed by atoms with E-state index in [0.29, 0.717) is 5.69 Å². The Labute approximate surface area is 142 Å². The number of hydrogen-bond acceptors (Lipinski definition) is 2. The van der Waals surface area contributed by atoms with Crippen LogP contribution in [0.25, 0.3) is 0 Å². The molecular weight excluding hydrogens is 302 g/mol. The Balaban J connectivity index is 1.71. The molecule has 5 nitrogen and oxygen atoms in total. The maximum atomic E-state index is 12.0. The van der Waals surface area contributed by atoms with Crippen LogP contribution in [-0.4, -0.2) is 18.5 Å². The summed E-state index contributed by atoms with van der Waals surface area (Å²) in [5.41, 5.74) is 2.96. The molecule has 5 heteroatoms. The monoisotopic (exact) mass is 325 g/mol. The molecule has 0 fully saturated rings. The number of amides is 3. The molecule has 2 rings (SSSR count). The van der Waals surface area contributed by atoms with Gasteiger partial charge in [-0.2, -0.15) is 0 Å². The summed E-state index contributed by atoms with van der Waals surface area (Å²) >= 11 is 0. The van der Waals surface area contributed by atoms with Crippen molar-refractivity contribution in [2.75, 3.05) is 11.9 Å². The Bertz CT molecular complexity index is 686. The van der Waals surface area contributed by atoms with Crippen LogP contribution in [0.3, 0.4) is 0 Å². The molecule has 126 valence electrons. The second-order valence-electron chi connectivity index (χ2n) is 5.64. The highest BCUT2D eigenvalue weighted by Gasteiger charge is 2.11. The fourth-order valence-electron chi connectivity index (χ4n) is 2.45. The molecule has 0 unspecified atom stereocenters. The molecule has 0 heterocycles. The van der Waals surface area contributed by atoms with Crippen molar-refractivity contribution in [3.05, 3.63) is 65.7 Å². The molecule has 2 aromatic rings. The van der Waals surface area contributed by atoms with Crippen LogP contribution in [0.5, 0.6) is 0 Å². The molecule has 0 saturated carbocycles. The van der Waals surface area contributed by atoms with Crippen molar-refractivity contribution >= 4 is 17.6 Å². The van der Waals surface area contributed by atoms with E-state index in [-0.39, 0.29) is 30.9 Å². The summed E-state index contributed by atoms with van der Waals surface area (Å²) in [5, 5.41) is 8.33. The number of aryl methyl sites for hydroxylation is 1. The molecule has 0 aliphatic carbocycles. The number of carbonyl (C=O) groups is 2. The first-order valence-corrected chi connectivity index (χ1v) is 8.01. The zero-order valence-corrected chi connectivity index (χ0v) is 14.0. The fraction of sp³-hybridized carbons (Fsp3) is 0.263. The third-order valence-corrected chi connectivity index (χ3v) is 3.70. The van der Waals surface area contributed by atoms with E-state index in [1.165, 1.54) is 0 Å². The van der Waals surface area contributed by atoms with Gasteiger partial charge in [0.1, 0.15) is 0 Å². The second-order valence-corrected chi connectivity index (χ2v) is 5.64. The highest BCUT2D eigenvalue weighted by Crippen LogP contribution is 2.16. The lowest BCUT2D eigenvalue weighted by atomic mass is 10.0. The van der Waals surface area contributed by atoms with Gasteiger partial charge >= 0.3 is 6.03 Å². The lowest BCUT2D eigenvalue weighted by Gasteiger charge is -2.16. The van der Waals surface area contributed by atoms with Gasteiger partial charge in [-0.25, -0.2) is 4.79 Å². The number of hydrogen-bond donors (Lipinski definition) is 3. The normalized spacial score (nSPS) is 11.4. The topological polar surface area (TPSA) is 70.2 Å². The average molecular weight is 325 g/mol. The zero-order valence-electron chi connectivity index (χ0n) is 14.0. The maximum absolute atomic E-state index is 12.0. The SMILES string of the molecule is Cc1ccccc1[C@@H](C)NC(=O)CCNC(=O)Nc1ccccc1. The third-order valence-electron chi connectivity index (χ3n) is 3.70. The summed E-state index contributed by atoms with van der Waals surface area (Å²) in [5.74, 6) is -0.0919. The van der Waals surface area contributed by atoms with Crippen molar-refractivity contribution in [3.8, 4) is 0 Å². The van der Waals surface area contributed by atoms with Crippen LogP contribution in [0.4, 0.5) is 10.5 Å². The summed E-state index contributed by atoms with van der Waals surface area (Å²) in [6.45, 7) is 4.26. The van der Waals surface area contributed by atoms with Gasteiger partial charge in [-0.15, -0.1) is 0 Å². The Morgan fingerprint density at radius 2 is 1.67 bits per heavy atom. The van der Waals surface area contributed by atoms with Crippen molar-refractivity contribution < 1.29 is 9.59 Å². The molecular formula is C19H23N3O2. The smallest absolute Gasteiger partial charge is 0.319 e. The number of benzene rings is 2. The molecule has 24 heavy (non-hydrogen) atoms. The lowest BCUT2D eigenvalue weighted by molar-refractivity contribution is -0.121. The molecule has 0 bridgehead atoms. The summed E-state index contributed by atoms with van der Waals surface area (Å²) < 4.78 is 0. The highest BCUT2D eigenvalue weighted by atomic mass is 16.2. The summed E-state index contributed by atoms with van der Waals surface area (Å²) in [6, 6.07) is 16.8. The largest absolute Gasteiger partial charge is 0.350 e. The van der Waals surface area contributed by atoms with Crippen molar-refractivity contribution in [1.29, 1.82) is 0 Å². The van der Waals surface area contributed by atoms with Gasteiger partial charge < -0.3 is 16.0 Å². The van der Waals surface area contributed by atoms with E-state index in [2.05, 4.69) is 16.0 Å². The average Bonchev–Trinajstić information content (AvgIpc) is 2.56. The van der Waals surface area contributed by atoms with Gasteiger partial charge in [0.2, 0.25) is 5.91 Å². The Morgan fingerprint density at radius 1 is 1.00 bits per heavy atom. The molecule has 0 saturated heterocycles. The lowest BCUT2D eigenvalue weighted by Crippen LogP contribution is -2.34. The van der Waals surface area contributed by atoms with Crippen LogP contribution in [0.15, 0.2) is 54.6 Å². The van der Waals surface area contributed by atoms with E-state index in [1.807, 2.05) is 56.3 Å². The highest BCUT2D eigenvalue weighted by molar-refractivity contribution is 5.89. The summed E-state index contributed by atoms with van der Waals surface area (Å²) in [6.07, 6.45) is 0.235. The van der Waals surface area contributed by atoms with Crippen LogP contribution in [0.2, 0.25) is 0 Å². The number of carbonyl (C=O) groups excluding carboxylic acids is 2. The first-order valence-electron chi connectivity index (χ1n) is 8.01. The molecule has 0 radical (unpaired) electrons. The van der Waals surface area contributed by atoms with E-state index >= 15 is 0 Å². The van der Waals surface area contributed by atoms with Crippen molar-refractivity contribution in [2.45, 2.75) is 26.3 Å². The third kappa shape index (κ3) is 5.43. The standard InChI is InChI=1S/C19H23N3O2/c1-14-8-6-7-11-17(14)15(2)21-18(23)12-13-20-19(24)22-16-9-4-3-5-10-16/h3-11,15H,12-13H2,1-2H3,(H,21,23)(H2,20,22,24)/t15-/m1/s1. The van der Waals surface area contributed by atoms with Gasteiger partial charge in [0.05, 0.1) is 6.04 Å². The molecule has 1 atom stereocenters. The molecule has 3 N–H and O–H groups in total. The van der Waals surface area contributed by atoms with Gasteiger partial charge in [0.15, 0.2) is 0 Å². The predicted octanol–water partition coefficient (Wildman–Crippen LogP) is 3.38. The Kier molecular flexibility index (Phi) is 6.37. The molecule has 2 aromatic carbocycles. The Morgan fingerprint density at radius 3 is 2.38 bits per heavy atom. The van der Waals surface area contributed by atoms with Crippen molar-refractivity contribution in [1.82, 2.24) is 10.6 Å². The van der Waals surface area contributed by atoms with Crippen LogP contribution < -0.4 is 16.0 Å². The number of anilines is 1. The van der Waals surface area contributed by atoms with Gasteiger partial charge in [0, 0.05) is 18.7 Å². The first-order chi connectivity index (χ1) is 11.6. The van der Waals surface area contributed by atoms with Crippen LogP contribution in [0, 0.1) is 6.92 Å². The number of rotatable bonds is 6. The van der Waals surface area contributed by atoms with Crippen LogP contribution in [-0.2, 0) is 4.79 Å². The molecule has 0 aliphatic heterocycles. The molecule has 0 aliphatic rings. The van der Waals surface area contributed by atoms with E-state index in [0.717, 1.165) is 11.1 Å². The first kappa shape index (κ1) is 17.5. The predicted molar refractivity (Wildman–Crippen MR) is 95.8 cm³/mol. The van der Waals surface area contributed by atoms with Crippen molar-refractivity contribution in [3.63, 3.8) is 0 Å². The molecule has 3 amide bonds. The van der Waals surface area contributed by atoms with Gasteiger partial charge in [-0.3, -0.25) is 4.79 Å². The quantitative estimate of drug-likeness (QED) is 0.762. The zero-order chi connectivity index (χ0) is 17.4. The minimum Gasteiger partial charge on any atom is -0.350 e. The Hall–Kier alpha value is -2.82. The van der Waals surface area contributed by atoms with E-state index in [1.54, 1.807) is 12.1 Å². The van der Waals surface area contributed by atoms with Gasteiger partial charge in [0.25, 0.3) is 0 Å². The summed E-state index contributed by atoms with van der Waals surface area (Å²) in [4.78, 5) is 23.7. The van der Waals surface area contributed by atoms with E-state index in [4.69, 9.17) is 0 Å². The number of para-hydroxylation sites is 1. The summed E-state index contributed by atoms with van der Waals surface area (Å²) in [7, 11) is 0. The van der Waals surface area contributed by atoms with Crippen LogP contribution >= 0.6 is 0 Å². The maximum Gasteiger partial charge on any atom is 0.319 e. The van der Waals surface area contributed by atoms with Crippen molar-refractivity contribution in [2.24, 2.45) is 0 Å². The van der Waals surface area contributed by atoms with Crippen LogP contribution in [0.1, 0.15) is 30.5 Å². The minimum absolute atomic E-state index is 0.0585. The molecule has 0 aromatic heterocycles. The second kappa shape index (κ2) is 8.72. The number of nitrogens with one attached hydrogen (secondary N) is 3. The minimum atomic E-state index is -0.319. The number of urea groups is 1. The fourth-order valence-corrected chi connectivity index (χ4v) is 2.45. The molecule has 0 spiro atoms. The van der Waals surface area contributed by atoms with Gasteiger partial charge in [-0.1, -0.05) is 42.5 Å².